The zero-order valence-corrected chi connectivity index (χ0v) is 14.3. The zero-order chi connectivity index (χ0) is 18.4. The molecule has 1 aromatic rings. The fraction of sp³-hybridized carbons (Fsp3) is 0.529. The molecule has 25 heavy (non-hydrogen) atoms. The van der Waals surface area contributed by atoms with Gasteiger partial charge in [-0.15, -0.1) is 0 Å². The maximum absolute atomic E-state index is 13.5. The maximum Gasteiger partial charge on any atom is 0.321 e. The van der Waals surface area contributed by atoms with E-state index in [4.69, 9.17) is 14.6 Å². The molecule has 8 heteroatoms. The minimum atomic E-state index is -0.994. The molecule has 1 fully saturated rings. The molecule has 1 aliphatic rings. The van der Waals surface area contributed by atoms with E-state index < -0.39 is 23.7 Å². The van der Waals surface area contributed by atoms with E-state index in [1.807, 2.05) is 0 Å². The summed E-state index contributed by atoms with van der Waals surface area (Å²) in [6.07, 6.45) is 1.87. The van der Waals surface area contributed by atoms with E-state index in [9.17, 15) is 14.0 Å². The molecule has 2 N–H and O–H groups in total. The highest BCUT2D eigenvalue weighted by Gasteiger charge is 2.20. The molecule has 2 amide bonds. The van der Waals surface area contributed by atoms with Crippen LogP contribution >= 0.6 is 0 Å². The van der Waals surface area contributed by atoms with E-state index in [1.165, 1.54) is 31.0 Å². The highest BCUT2D eigenvalue weighted by Crippen LogP contribution is 2.27. The number of halogens is 1. The van der Waals surface area contributed by atoms with Gasteiger partial charge in [0.25, 0.3) is 0 Å². The van der Waals surface area contributed by atoms with Crippen LogP contribution in [-0.2, 0) is 9.53 Å². The molecule has 0 radical (unpaired) electrons. The Morgan fingerprint density at radius 3 is 2.92 bits per heavy atom. The lowest BCUT2D eigenvalue weighted by Crippen LogP contribution is -2.36. The minimum absolute atomic E-state index is 0.00676. The van der Waals surface area contributed by atoms with Crippen LogP contribution in [0.2, 0.25) is 0 Å². The Labute approximate surface area is 145 Å². The van der Waals surface area contributed by atoms with E-state index in [0.29, 0.717) is 19.0 Å². The summed E-state index contributed by atoms with van der Waals surface area (Å²) >= 11 is 0. The number of carbonyl (C=O) groups is 2. The minimum Gasteiger partial charge on any atom is -0.489 e. The molecule has 138 valence electrons. The molecule has 2 unspecified atom stereocenters. The Bertz CT molecular complexity index is 619. The van der Waals surface area contributed by atoms with Crippen molar-refractivity contribution >= 4 is 17.7 Å². The predicted molar refractivity (Wildman–Crippen MR) is 89.3 cm³/mol. The molecule has 2 rings (SSSR count). The van der Waals surface area contributed by atoms with E-state index in [0.717, 1.165) is 18.9 Å². The van der Waals surface area contributed by atoms with Crippen molar-refractivity contribution in [3.8, 4) is 5.75 Å². The Balaban J connectivity index is 2.00. The summed E-state index contributed by atoms with van der Waals surface area (Å²) in [6, 6.07) is 3.31. The van der Waals surface area contributed by atoms with E-state index in [-0.39, 0.29) is 18.3 Å². The average Bonchev–Trinajstić information content (AvgIpc) is 3.07. The van der Waals surface area contributed by atoms with Gasteiger partial charge in [0, 0.05) is 26.3 Å². The quantitative estimate of drug-likeness (QED) is 0.786. The lowest BCUT2D eigenvalue weighted by atomic mass is 10.2. The number of rotatable bonds is 7. The normalized spacial score (nSPS) is 17.8. The van der Waals surface area contributed by atoms with E-state index in [1.54, 1.807) is 0 Å². The number of ether oxygens (including phenoxy) is 2. The number of urea groups is 1. The van der Waals surface area contributed by atoms with Gasteiger partial charge < -0.3 is 24.8 Å². The Morgan fingerprint density at radius 2 is 2.28 bits per heavy atom. The number of anilines is 1. The molecule has 1 aliphatic heterocycles. The first-order chi connectivity index (χ1) is 11.9. The van der Waals surface area contributed by atoms with Crippen molar-refractivity contribution in [1.82, 2.24) is 4.90 Å². The molecular weight excluding hydrogens is 331 g/mol. The largest absolute Gasteiger partial charge is 0.489 e. The van der Waals surface area contributed by atoms with Gasteiger partial charge in [0.1, 0.15) is 18.2 Å². The summed E-state index contributed by atoms with van der Waals surface area (Å²) in [7, 11) is 1.47. The first kappa shape index (κ1) is 19.0. The highest BCUT2D eigenvalue weighted by molar-refractivity contribution is 5.91. The second-order valence-corrected chi connectivity index (χ2v) is 6.14. The summed E-state index contributed by atoms with van der Waals surface area (Å²) in [5.41, 5.74) is 0.192. The van der Waals surface area contributed by atoms with Gasteiger partial charge in [-0.3, -0.25) is 4.79 Å². The van der Waals surface area contributed by atoms with Gasteiger partial charge in [-0.1, -0.05) is 6.92 Å². The Hall–Kier alpha value is -2.35. The van der Waals surface area contributed by atoms with Crippen LogP contribution in [0.3, 0.4) is 0 Å². The van der Waals surface area contributed by atoms with Gasteiger partial charge in [0.05, 0.1) is 17.7 Å². The van der Waals surface area contributed by atoms with Crippen LogP contribution in [-0.4, -0.2) is 54.9 Å². The number of amides is 2. The Morgan fingerprint density at radius 1 is 1.52 bits per heavy atom. The number of carboxylic acid groups (broad SMARTS) is 1. The fourth-order valence-electron chi connectivity index (χ4n) is 2.47. The zero-order valence-electron chi connectivity index (χ0n) is 14.3. The van der Waals surface area contributed by atoms with Crippen LogP contribution in [0.5, 0.6) is 5.75 Å². The number of nitrogens with one attached hydrogen (secondary N) is 1. The van der Waals surface area contributed by atoms with E-state index >= 15 is 0 Å². The molecule has 1 heterocycles. The third-order valence-electron chi connectivity index (χ3n) is 3.95. The first-order valence-corrected chi connectivity index (χ1v) is 8.15. The molecule has 1 aromatic carbocycles. The molecule has 0 bridgehead atoms. The highest BCUT2D eigenvalue weighted by atomic mass is 19.1. The van der Waals surface area contributed by atoms with Crippen LogP contribution in [0.25, 0.3) is 0 Å². The van der Waals surface area contributed by atoms with Crippen molar-refractivity contribution in [2.75, 3.05) is 32.1 Å². The molecule has 0 aromatic heterocycles. The summed E-state index contributed by atoms with van der Waals surface area (Å²) in [5, 5.41) is 11.5. The third kappa shape index (κ3) is 5.60. The monoisotopic (exact) mass is 354 g/mol. The number of hydrogen-bond acceptors (Lipinski definition) is 4. The van der Waals surface area contributed by atoms with Gasteiger partial charge in [0.15, 0.2) is 0 Å². The molecule has 0 aliphatic carbocycles. The van der Waals surface area contributed by atoms with Gasteiger partial charge in [-0.05, 0) is 25.0 Å². The van der Waals surface area contributed by atoms with Crippen molar-refractivity contribution < 1.29 is 28.6 Å². The van der Waals surface area contributed by atoms with Crippen LogP contribution in [0.1, 0.15) is 19.8 Å². The van der Waals surface area contributed by atoms with Crippen LogP contribution < -0.4 is 10.1 Å². The van der Waals surface area contributed by atoms with Crippen LogP contribution in [0.15, 0.2) is 18.2 Å². The summed E-state index contributed by atoms with van der Waals surface area (Å²) in [5.74, 6) is -1.88. The predicted octanol–water partition coefficient (Wildman–Crippen LogP) is 2.57. The maximum atomic E-state index is 13.5. The standard InChI is InChI=1S/C17H23FN2O5/c1-11(16(21)22)9-20(2)17(23)19-14-8-12(18)5-6-15(14)25-10-13-4-3-7-24-13/h5-6,8,11,13H,3-4,7,9-10H2,1-2H3,(H,19,23)(H,21,22). The number of carbonyl (C=O) groups excluding carboxylic acids is 1. The summed E-state index contributed by atoms with van der Waals surface area (Å²) in [6.45, 7) is 2.56. The lowest BCUT2D eigenvalue weighted by Gasteiger charge is -2.21. The number of benzene rings is 1. The van der Waals surface area contributed by atoms with Gasteiger partial charge >= 0.3 is 12.0 Å². The second-order valence-electron chi connectivity index (χ2n) is 6.14. The number of carboxylic acids is 1. The molecule has 0 saturated carbocycles. The lowest BCUT2D eigenvalue weighted by molar-refractivity contribution is -0.141. The summed E-state index contributed by atoms with van der Waals surface area (Å²) < 4.78 is 24.7. The van der Waals surface area contributed by atoms with Crippen LogP contribution in [0, 0.1) is 11.7 Å². The van der Waals surface area contributed by atoms with Crippen molar-refractivity contribution in [3.63, 3.8) is 0 Å². The number of nitrogens with zero attached hydrogens (tertiary/aromatic N) is 1. The Kier molecular flexibility index (Phi) is 6.58. The fourth-order valence-corrected chi connectivity index (χ4v) is 2.47. The van der Waals surface area contributed by atoms with Gasteiger partial charge in [0.2, 0.25) is 0 Å². The summed E-state index contributed by atoms with van der Waals surface area (Å²) in [4.78, 5) is 24.3. The van der Waals surface area contributed by atoms with Crippen molar-refractivity contribution in [2.45, 2.75) is 25.9 Å². The SMILES string of the molecule is CC(CN(C)C(=O)Nc1cc(F)ccc1OCC1CCCO1)C(=O)O. The van der Waals surface area contributed by atoms with Crippen molar-refractivity contribution in [2.24, 2.45) is 5.92 Å². The third-order valence-corrected chi connectivity index (χ3v) is 3.95. The van der Waals surface area contributed by atoms with E-state index in [2.05, 4.69) is 5.32 Å². The number of hydrogen-bond donors (Lipinski definition) is 2. The smallest absolute Gasteiger partial charge is 0.321 e. The van der Waals surface area contributed by atoms with Crippen LogP contribution in [0.4, 0.5) is 14.9 Å². The number of aliphatic carboxylic acids is 1. The molecule has 7 nitrogen and oxygen atoms in total. The topological polar surface area (TPSA) is 88.1 Å². The van der Waals surface area contributed by atoms with Gasteiger partial charge in [-0.25, -0.2) is 9.18 Å². The molecular formula is C17H23FN2O5. The van der Waals surface area contributed by atoms with Crippen molar-refractivity contribution in [1.29, 1.82) is 0 Å². The molecule has 2 atom stereocenters. The van der Waals surface area contributed by atoms with Crippen molar-refractivity contribution in [3.05, 3.63) is 24.0 Å². The molecule has 1 saturated heterocycles. The second kappa shape index (κ2) is 8.66. The van der Waals surface area contributed by atoms with Gasteiger partial charge in [-0.2, -0.15) is 0 Å². The molecule has 0 spiro atoms. The first-order valence-electron chi connectivity index (χ1n) is 8.15. The average molecular weight is 354 g/mol.